The number of aromatic nitrogens is 1. The monoisotopic (exact) mass is 397 g/mol. The summed E-state index contributed by atoms with van der Waals surface area (Å²) in [5.74, 6) is -0.521. The lowest BCUT2D eigenvalue weighted by atomic mass is 10.1. The molecule has 0 saturated carbocycles. The highest BCUT2D eigenvalue weighted by atomic mass is 32.1. The van der Waals surface area contributed by atoms with E-state index in [1.54, 1.807) is 43.3 Å². The molecule has 3 aromatic rings. The zero-order valence-corrected chi connectivity index (χ0v) is 16.4. The number of rotatable bonds is 6. The average Bonchev–Trinajstić information content (AvgIpc) is 3.16. The molecule has 1 heterocycles. The summed E-state index contributed by atoms with van der Waals surface area (Å²) >= 11 is 1.39. The summed E-state index contributed by atoms with van der Waals surface area (Å²) in [6.45, 7) is 0.438. The molecule has 2 aromatic carbocycles. The normalized spacial score (nSPS) is 10.5. The molecular formula is C21H20FN3O2S. The molecule has 0 spiro atoms. The summed E-state index contributed by atoms with van der Waals surface area (Å²) in [4.78, 5) is 30.2. The second-order valence-corrected chi connectivity index (χ2v) is 7.22. The standard InChI is InChI=1S/C21H20FN3O2S/c1-23-20(27)15-8-6-14(7-9-15)12-25(2)19(26)11-18-13-28-21(24-18)16-4-3-5-17(22)10-16/h3-10,13H,11-12H2,1-2H3,(H,23,27). The van der Waals surface area contributed by atoms with Crippen LogP contribution in [0.4, 0.5) is 4.39 Å². The molecule has 144 valence electrons. The molecule has 0 aliphatic heterocycles. The van der Waals surface area contributed by atoms with Crippen LogP contribution in [0.15, 0.2) is 53.9 Å². The van der Waals surface area contributed by atoms with Crippen molar-refractivity contribution in [1.82, 2.24) is 15.2 Å². The summed E-state index contributed by atoms with van der Waals surface area (Å²) in [6.07, 6.45) is 0.179. The highest BCUT2D eigenvalue weighted by molar-refractivity contribution is 7.13. The number of halogens is 1. The lowest BCUT2D eigenvalue weighted by molar-refractivity contribution is -0.129. The molecule has 1 N–H and O–H groups in total. The minimum atomic E-state index is -0.313. The van der Waals surface area contributed by atoms with E-state index in [-0.39, 0.29) is 24.1 Å². The quantitative estimate of drug-likeness (QED) is 0.692. The number of benzene rings is 2. The highest BCUT2D eigenvalue weighted by Gasteiger charge is 2.14. The van der Waals surface area contributed by atoms with E-state index < -0.39 is 0 Å². The van der Waals surface area contributed by atoms with Crippen LogP contribution in [-0.2, 0) is 17.8 Å². The second-order valence-electron chi connectivity index (χ2n) is 6.36. The Balaban J connectivity index is 1.61. The first-order valence-electron chi connectivity index (χ1n) is 8.71. The van der Waals surface area contributed by atoms with Crippen LogP contribution in [0.2, 0.25) is 0 Å². The topological polar surface area (TPSA) is 62.3 Å². The van der Waals surface area contributed by atoms with Crippen molar-refractivity contribution >= 4 is 23.2 Å². The number of thiazole rings is 1. The van der Waals surface area contributed by atoms with Gasteiger partial charge in [0.1, 0.15) is 10.8 Å². The number of carbonyl (C=O) groups excluding carboxylic acids is 2. The fraction of sp³-hybridized carbons (Fsp3) is 0.190. The van der Waals surface area contributed by atoms with Gasteiger partial charge in [-0.2, -0.15) is 0 Å². The van der Waals surface area contributed by atoms with Crippen molar-refractivity contribution in [2.45, 2.75) is 13.0 Å². The van der Waals surface area contributed by atoms with Crippen LogP contribution >= 0.6 is 11.3 Å². The molecule has 0 atom stereocenters. The van der Waals surface area contributed by atoms with E-state index in [0.29, 0.717) is 28.4 Å². The molecule has 28 heavy (non-hydrogen) atoms. The van der Waals surface area contributed by atoms with Crippen LogP contribution < -0.4 is 5.32 Å². The van der Waals surface area contributed by atoms with Crippen LogP contribution in [0.3, 0.4) is 0 Å². The first-order valence-corrected chi connectivity index (χ1v) is 9.59. The van der Waals surface area contributed by atoms with Crippen LogP contribution in [0, 0.1) is 5.82 Å². The van der Waals surface area contributed by atoms with Crippen molar-refractivity contribution < 1.29 is 14.0 Å². The van der Waals surface area contributed by atoms with Crippen molar-refractivity contribution in [3.05, 3.63) is 76.5 Å². The minimum Gasteiger partial charge on any atom is -0.355 e. The third kappa shape index (κ3) is 4.80. The number of carbonyl (C=O) groups is 2. The van der Waals surface area contributed by atoms with E-state index in [1.807, 2.05) is 17.5 Å². The van der Waals surface area contributed by atoms with E-state index in [1.165, 1.54) is 23.5 Å². The van der Waals surface area contributed by atoms with Crippen molar-refractivity contribution in [3.8, 4) is 10.6 Å². The maximum absolute atomic E-state index is 13.4. The molecule has 1 aromatic heterocycles. The second kappa shape index (κ2) is 8.75. The van der Waals surface area contributed by atoms with Gasteiger partial charge in [0, 0.05) is 37.1 Å². The van der Waals surface area contributed by atoms with Crippen LogP contribution in [0.1, 0.15) is 21.6 Å². The summed E-state index contributed by atoms with van der Waals surface area (Å²) in [6, 6.07) is 13.4. The van der Waals surface area contributed by atoms with Crippen molar-refractivity contribution in [1.29, 1.82) is 0 Å². The smallest absolute Gasteiger partial charge is 0.251 e. The maximum Gasteiger partial charge on any atom is 0.251 e. The molecule has 0 unspecified atom stereocenters. The van der Waals surface area contributed by atoms with Gasteiger partial charge < -0.3 is 10.2 Å². The Morgan fingerprint density at radius 1 is 1.18 bits per heavy atom. The molecule has 5 nitrogen and oxygen atoms in total. The Morgan fingerprint density at radius 3 is 2.61 bits per heavy atom. The molecule has 0 bridgehead atoms. The lowest BCUT2D eigenvalue weighted by Gasteiger charge is -2.17. The third-order valence-corrected chi connectivity index (χ3v) is 5.18. The van der Waals surface area contributed by atoms with E-state index >= 15 is 0 Å². The first-order chi connectivity index (χ1) is 13.5. The molecule has 0 fully saturated rings. The van der Waals surface area contributed by atoms with Gasteiger partial charge in [0.2, 0.25) is 5.91 Å². The first kappa shape index (κ1) is 19.7. The van der Waals surface area contributed by atoms with E-state index in [0.717, 1.165) is 5.56 Å². The van der Waals surface area contributed by atoms with E-state index in [9.17, 15) is 14.0 Å². The van der Waals surface area contributed by atoms with Crippen LogP contribution in [0.25, 0.3) is 10.6 Å². The Labute approximate surface area is 166 Å². The predicted octanol–water partition coefficient (Wildman–Crippen LogP) is 3.51. The zero-order valence-electron chi connectivity index (χ0n) is 15.6. The average molecular weight is 397 g/mol. The van der Waals surface area contributed by atoms with E-state index in [4.69, 9.17) is 0 Å². The molecule has 0 aliphatic rings. The fourth-order valence-electron chi connectivity index (χ4n) is 2.70. The summed E-state index contributed by atoms with van der Waals surface area (Å²) in [7, 11) is 3.32. The van der Waals surface area contributed by atoms with Gasteiger partial charge in [0.15, 0.2) is 0 Å². The van der Waals surface area contributed by atoms with Gasteiger partial charge in [0.05, 0.1) is 12.1 Å². The number of hydrogen-bond acceptors (Lipinski definition) is 4. The van der Waals surface area contributed by atoms with E-state index in [2.05, 4.69) is 10.3 Å². The molecule has 3 rings (SSSR count). The number of amides is 2. The summed E-state index contributed by atoms with van der Waals surface area (Å²) in [5, 5.41) is 5.09. The molecular weight excluding hydrogens is 377 g/mol. The largest absolute Gasteiger partial charge is 0.355 e. The summed E-state index contributed by atoms with van der Waals surface area (Å²) in [5.41, 5.74) is 2.87. The third-order valence-electron chi connectivity index (χ3n) is 4.24. The van der Waals surface area contributed by atoms with Crippen LogP contribution in [0.5, 0.6) is 0 Å². The Morgan fingerprint density at radius 2 is 1.93 bits per heavy atom. The van der Waals surface area contributed by atoms with Gasteiger partial charge in [-0.15, -0.1) is 11.3 Å². The van der Waals surface area contributed by atoms with Crippen LogP contribution in [-0.4, -0.2) is 35.8 Å². The fourth-order valence-corrected chi connectivity index (χ4v) is 3.52. The lowest BCUT2D eigenvalue weighted by Crippen LogP contribution is -2.27. The Kier molecular flexibility index (Phi) is 6.16. The van der Waals surface area contributed by atoms with Crippen molar-refractivity contribution in [2.24, 2.45) is 0 Å². The summed E-state index contributed by atoms with van der Waals surface area (Å²) < 4.78 is 13.4. The van der Waals surface area contributed by atoms with Gasteiger partial charge in [-0.25, -0.2) is 9.37 Å². The Bertz CT molecular complexity index is 985. The zero-order chi connectivity index (χ0) is 20.1. The number of nitrogens with one attached hydrogen (secondary N) is 1. The SMILES string of the molecule is CNC(=O)c1ccc(CN(C)C(=O)Cc2csc(-c3cccc(F)c3)n2)cc1. The van der Waals surface area contributed by atoms with Gasteiger partial charge in [-0.05, 0) is 29.8 Å². The van der Waals surface area contributed by atoms with Gasteiger partial charge >= 0.3 is 0 Å². The van der Waals surface area contributed by atoms with Gasteiger partial charge in [0.25, 0.3) is 5.91 Å². The molecule has 2 amide bonds. The number of hydrogen-bond donors (Lipinski definition) is 1. The highest BCUT2D eigenvalue weighted by Crippen LogP contribution is 2.24. The minimum absolute atomic E-state index is 0.0635. The van der Waals surface area contributed by atoms with Gasteiger partial charge in [-0.1, -0.05) is 24.3 Å². The molecule has 0 aliphatic carbocycles. The predicted molar refractivity (Wildman–Crippen MR) is 108 cm³/mol. The number of likely N-dealkylation sites (N-methyl/N-ethyl adjacent to an activating group) is 1. The van der Waals surface area contributed by atoms with Crippen molar-refractivity contribution in [3.63, 3.8) is 0 Å². The van der Waals surface area contributed by atoms with Crippen molar-refractivity contribution in [2.75, 3.05) is 14.1 Å². The number of nitrogens with zero attached hydrogens (tertiary/aromatic N) is 2. The molecule has 0 radical (unpaired) electrons. The Hall–Kier alpha value is -3.06. The molecule has 7 heteroatoms. The van der Waals surface area contributed by atoms with Gasteiger partial charge in [-0.3, -0.25) is 9.59 Å². The maximum atomic E-state index is 13.4. The molecule has 0 saturated heterocycles.